The molecule has 3 heterocycles. The van der Waals surface area contributed by atoms with Gasteiger partial charge >= 0.3 is 0 Å². The molecule has 8 nitrogen and oxygen atoms in total. The van der Waals surface area contributed by atoms with Gasteiger partial charge in [-0.25, -0.2) is 4.90 Å². The van der Waals surface area contributed by atoms with Crippen LogP contribution in [-0.2, 0) is 0 Å². The maximum absolute atomic E-state index is 12.8. The first kappa shape index (κ1) is 19.8. The fraction of sp³-hybridized carbons (Fsp3) is 0.500. The van der Waals surface area contributed by atoms with Gasteiger partial charge in [-0.15, -0.1) is 0 Å². The minimum Gasteiger partial charge on any atom is -0.350 e. The molecule has 0 spiro atoms. The quantitative estimate of drug-likeness (QED) is 0.749. The summed E-state index contributed by atoms with van der Waals surface area (Å²) in [5.74, 6) is 1.66. The molecule has 1 atom stereocenters. The number of halogens is 1. The number of aromatic nitrogens is 3. The third-order valence-corrected chi connectivity index (χ3v) is 5.54. The van der Waals surface area contributed by atoms with Gasteiger partial charge in [0.2, 0.25) is 17.8 Å². The molecule has 0 saturated carbocycles. The van der Waals surface area contributed by atoms with E-state index in [9.17, 15) is 4.79 Å². The zero-order chi connectivity index (χ0) is 20.7. The molecule has 1 amide bonds. The number of fused-ring (bicyclic) bond motifs is 1. The van der Waals surface area contributed by atoms with Gasteiger partial charge in [-0.05, 0) is 43.5 Å². The molecule has 2 aliphatic heterocycles. The minimum absolute atomic E-state index is 0.154. The molecule has 2 N–H and O–H groups in total. The van der Waals surface area contributed by atoms with Crippen molar-refractivity contribution >= 4 is 41.0 Å². The smallest absolute Gasteiger partial charge is 0.267 e. The van der Waals surface area contributed by atoms with Crippen LogP contribution in [0.3, 0.4) is 0 Å². The number of benzene rings is 1. The topological polar surface area (TPSA) is 86.3 Å². The summed E-state index contributed by atoms with van der Waals surface area (Å²) in [4.78, 5) is 30.1. The highest BCUT2D eigenvalue weighted by molar-refractivity contribution is 6.33. The van der Waals surface area contributed by atoms with Crippen molar-refractivity contribution in [2.24, 2.45) is 5.92 Å². The van der Waals surface area contributed by atoms with Crippen LogP contribution in [0.2, 0.25) is 5.02 Å². The number of carbonyl (C=O) groups is 1. The van der Waals surface area contributed by atoms with E-state index < -0.39 is 0 Å². The molecule has 2 aromatic rings. The number of rotatable bonds is 6. The Labute approximate surface area is 175 Å². The van der Waals surface area contributed by atoms with E-state index in [1.807, 2.05) is 24.9 Å². The SMILES string of the molecule is Cc1cc2c(cc1Cl)C(=O)N2c1nc(N[C@H]2CCNC2)nc(N(C)CC(C)C)n1. The van der Waals surface area contributed by atoms with Crippen LogP contribution in [-0.4, -0.2) is 53.6 Å². The van der Waals surface area contributed by atoms with Crippen molar-refractivity contribution in [2.45, 2.75) is 33.2 Å². The fourth-order valence-electron chi connectivity index (χ4n) is 3.68. The minimum atomic E-state index is -0.154. The standard InChI is InChI=1S/C20H26ClN7O/c1-11(2)10-27(4)19-24-18(23-13-5-6-22-9-13)25-20(26-19)28-16-7-12(3)15(21)8-14(16)17(28)29/h7-8,11,13,22H,5-6,9-10H2,1-4H3,(H,23,24,25,26)/t13-/m0/s1. The predicted molar refractivity (Wildman–Crippen MR) is 115 cm³/mol. The second kappa shape index (κ2) is 7.76. The van der Waals surface area contributed by atoms with Crippen LogP contribution in [0, 0.1) is 12.8 Å². The Bertz CT molecular complexity index is 943. The molecular formula is C20H26ClN7O. The molecule has 1 aromatic heterocycles. The number of carbonyl (C=O) groups excluding carboxylic acids is 1. The highest BCUT2D eigenvalue weighted by Gasteiger charge is 2.37. The number of aryl methyl sites for hydroxylation is 1. The van der Waals surface area contributed by atoms with E-state index in [-0.39, 0.29) is 11.9 Å². The van der Waals surface area contributed by atoms with Crippen LogP contribution < -0.4 is 20.4 Å². The molecule has 0 aliphatic carbocycles. The molecule has 0 bridgehead atoms. The summed E-state index contributed by atoms with van der Waals surface area (Å²) < 4.78 is 0. The largest absolute Gasteiger partial charge is 0.350 e. The van der Waals surface area contributed by atoms with Gasteiger partial charge in [-0.2, -0.15) is 15.0 Å². The van der Waals surface area contributed by atoms with Crippen molar-refractivity contribution in [3.63, 3.8) is 0 Å². The van der Waals surface area contributed by atoms with E-state index in [0.29, 0.717) is 34.3 Å². The maximum atomic E-state index is 12.8. The predicted octanol–water partition coefficient (Wildman–Crippen LogP) is 2.99. The van der Waals surface area contributed by atoms with Crippen molar-refractivity contribution in [2.75, 3.05) is 41.8 Å². The molecule has 2 aliphatic rings. The summed E-state index contributed by atoms with van der Waals surface area (Å²) in [7, 11) is 1.95. The Balaban J connectivity index is 1.71. The maximum Gasteiger partial charge on any atom is 0.267 e. The molecule has 154 valence electrons. The third-order valence-electron chi connectivity index (χ3n) is 5.14. The molecule has 1 saturated heterocycles. The molecular weight excluding hydrogens is 390 g/mol. The lowest BCUT2D eigenvalue weighted by atomic mass is 10.0. The van der Waals surface area contributed by atoms with Crippen LogP contribution in [0.15, 0.2) is 12.1 Å². The molecule has 4 rings (SSSR count). The van der Waals surface area contributed by atoms with Crippen molar-refractivity contribution in [1.82, 2.24) is 20.3 Å². The highest BCUT2D eigenvalue weighted by atomic mass is 35.5. The van der Waals surface area contributed by atoms with Crippen LogP contribution in [0.4, 0.5) is 23.5 Å². The summed E-state index contributed by atoms with van der Waals surface area (Å²) in [5.41, 5.74) is 2.27. The van der Waals surface area contributed by atoms with E-state index >= 15 is 0 Å². The van der Waals surface area contributed by atoms with E-state index in [1.165, 1.54) is 4.90 Å². The Morgan fingerprint density at radius 2 is 2.14 bits per heavy atom. The van der Waals surface area contributed by atoms with Gasteiger partial charge in [0.25, 0.3) is 5.91 Å². The van der Waals surface area contributed by atoms with Gasteiger partial charge in [-0.3, -0.25) is 4.79 Å². The van der Waals surface area contributed by atoms with Gasteiger partial charge in [0.1, 0.15) is 0 Å². The normalized spacial score (nSPS) is 18.1. The van der Waals surface area contributed by atoms with Gasteiger partial charge in [0.15, 0.2) is 0 Å². The van der Waals surface area contributed by atoms with Crippen molar-refractivity contribution in [3.8, 4) is 0 Å². The monoisotopic (exact) mass is 415 g/mol. The van der Waals surface area contributed by atoms with Gasteiger partial charge in [0.05, 0.1) is 11.3 Å². The molecule has 1 fully saturated rings. The first-order chi connectivity index (χ1) is 13.8. The van der Waals surface area contributed by atoms with E-state index in [2.05, 4.69) is 39.4 Å². The highest BCUT2D eigenvalue weighted by Crippen LogP contribution is 2.41. The van der Waals surface area contributed by atoms with Crippen molar-refractivity contribution in [3.05, 3.63) is 28.3 Å². The van der Waals surface area contributed by atoms with Crippen LogP contribution in [0.25, 0.3) is 0 Å². The lowest BCUT2D eigenvalue weighted by molar-refractivity contribution is 0.0979. The van der Waals surface area contributed by atoms with Crippen LogP contribution >= 0.6 is 11.6 Å². The van der Waals surface area contributed by atoms with Crippen molar-refractivity contribution < 1.29 is 4.79 Å². The first-order valence-corrected chi connectivity index (χ1v) is 10.3. The second-order valence-corrected chi connectivity index (χ2v) is 8.53. The summed E-state index contributed by atoms with van der Waals surface area (Å²) in [5, 5.41) is 7.29. The van der Waals surface area contributed by atoms with Gasteiger partial charge < -0.3 is 15.5 Å². The molecule has 9 heteroatoms. The fourth-order valence-corrected chi connectivity index (χ4v) is 3.84. The van der Waals surface area contributed by atoms with E-state index in [1.54, 1.807) is 6.07 Å². The number of nitrogens with one attached hydrogen (secondary N) is 2. The number of hydrogen-bond acceptors (Lipinski definition) is 7. The lowest BCUT2D eigenvalue weighted by Crippen LogP contribution is -2.39. The summed E-state index contributed by atoms with van der Waals surface area (Å²) in [6.45, 7) is 8.83. The first-order valence-electron chi connectivity index (χ1n) is 9.92. The van der Waals surface area contributed by atoms with Gasteiger partial charge in [0, 0.05) is 31.2 Å². The molecule has 0 unspecified atom stereocenters. The number of hydrogen-bond donors (Lipinski definition) is 2. The molecule has 0 radical (unpaired) electrons. The Kier molecular flexibility index (Phi) is 5.31. The van der Waals surface area contributed by atoms with E-state index in [0.717, 1.165) is 37.3 Å². The lowest BCUT2D eigenvalue weighted by Gasteiger charge is -2.33. The Morgan fingerprint density at radius 1 is 1.34 bits per heavy atom. The zero-order valence-corrected chi connectivity index (χ0v) is 17.9. The van der Waals surface area contributed by atoms with Gasteiger partial charge in [-0.1, -0.05) is 25.4 Å². The van der Waals surface area contributed by atoms with Crippen LogP contribution in [0.1, 0.15) is 36.2 Å². The summed E-state index contributed by atoms with van der Waals surface area (Å²) >= 11 is 6.18. The Morgan fingerprint density at radius 3 is 2.83 bits per heavy atom. The van der Waals surface area contributed by atoms with E-state index in [4.69, 9.17) is 11.6 Å². The number of amides is 1. The summed E-state index contributed by atoms with van der Waals surface area (Å²) in [6, 6.07) is 3.87. The van der Waals surface area contributed by atoms with Crippen molar-refractivity contribution in [1.29, 1.82) is 0 Å². The zero-order valence-electron chi connectivity index (χ0n) is 17.2. The average molecular weight is 416 g/mol. The number of anilines is 4. The molecule has 1 aromatic carbocycles. The third kappa shape index (κ3) is 3.86. The molecule has 29 heavy (non-hydrogen) atoms. The Hall–Kier alpha value is -2.45. The summed E-state index contributed by atoms with van der Waals surface area (Å²) in [6.07, 6.45) is 1.00. The second-order valence-electron chi connectivity index (χ2n) is 8.13. The average Bonchev–Trinajstić information content (AvgIpc) is 3.16. The van der Waals surface area contributed by atoms with Crippen LogP contribution in [0.5, 0.6) is 0 Å². The number of nitrogens with zero attached hydrogens (tertiary/aromatic N) is 5.